The summed E-state index contributed by atoms with van der Waals surface area (Å²) >= 11 is 10.7. The van der Waals surface area contributed by atoms with Gasteiger partial charge in [-0.1, -0.05) is 0 Å². The van der Waals surface area contributed by atoms with Gasteiger partial charge in [-0.05, 0) is 19.3 Å². The maximum absolute atomic E-state index is 11.7. The van der Waals surface area contributed by atoms with Crippen molar-refractivity contribution in [2.45, 2.75) is 25.4 Å². The molecule has 0 aromatic rings. The number of alkyl halides is 3. The third kappa shape index (κ3) is 9.46. The Morgan fingerprint density at radius 1 is 1.25 bits per heavy atom. The maximum atomic E-state index is 11.7. The first-order valence-corrected chi connectivity index (χ1v) is 8.22. The normalized spacial score (nSPS) is 12.6. The minimum absolute atomic E-state index is 0.0558. The molecule has 96 valence electrons. The van der Waals surface area contributed by atoms with Crippen molar-refractivity contribution >= 4 is 34.6 Å². The first-order valence-electron chi connectivity index (χ1n) is 4.48. The van der Waals surface area contributed by atoms with Crippen LogP contribution < -0.4 is 5.32 Å². The highest BCUT2D eigenvalue weighted by Crippen LogP contribution is 2.65. The fourth-order valence-electron chi connectivity index (χ4n) is 0.906. The zero-order valence-electron chi connectivity index (χ0n) is 8.23. The van der Waals surface area contributed by atoms with E-state index in [-0.39, 0.29) is 12.7 Å². The predicted molar refractivity (Wildman–Crippen MR) is 58.6 cm³/mol. The molecule has 0 unspecified atom stereocenters. The molecule has 0 heterocycles. The van der Waals surface area contributed by atoms with Gasteiger partial charge in [-0.3, -0.25) is 4.79 Å². The summed E-state index contributed by atoms with van der Waals surface area (Å²) < 4.78 is 35.1. The van der Waals surface area contributed by atoms with E-state index in [9.17, 15) is 18.0 Å². The van der Waals surface area contributed by atoms with Gasteiger partial charge < -0.3 is 5.32 Å². The molecule has 0 bridgehead atoms. The third-order valence-electron chi connectivity index (χ3n) is 1.65. The highest BCUT2D eigenvalue weighted by Gasteiger charge is 2.38. The van der Waals surface area contributed by atoms with Crippen molar-refractivity contribution < 1.29 is 22.9 Å². The highest BCUT2D eigenvalue weighted by atomic mass is 35.9. The van der Waals surface area contributed by atoms with Crippen LogP contribution in [0.15, 0.2) is 0 Å². The number of carbonyl (C=O) groups excluding carboxylic acids is 1. The lowest BCUT2D eigenvalue weighted by atomic mass is 10.2. The molecule has 0 aliphatic rings. The summed E-state index contributed by atoms with van der Waals surface area (Å²) in [6.07, 6.45) is -5.99. The molecule has 0 saturated carbocycles. The first kappa shape index (κ1) is 16.2. The molecule has 2 N–H and O–H groups in total. The van der Waals surface area contributed by atoms with Gasteiger partial charge in [-0.15, -0.1) is 0 Å². The van der Waals surface area contributed by atoms with E-state index < -0.39 is 18.3 Å². The van der Waals surface area contributed by atoms with E-state index >= 15 is 0 Å². The second-order valence-corrected chi connectivity index (χ2v) is 8.65. The van der Waals surface area contributed by atoms with Crippen LogP contribution in [0.2, 0.25) is 0 Å². The largest absolute Gasteiger partial charge is 0.471 e. The molecule has 0 aromatic carbocycles. The number of carbonyl (C=O) groups is 1. The number of rotatable bonds is 6. The minimum Gasteiger partial charge on any atom is -0.348 e. The van der Waals surface area contributed by atoms with Crippen LogP contribution in [0.4, 0.5) is 13.2 Å². The summed E-state index contributed by atoms with van der Waals surface area (Å²) in [5, 5.41) is 1.74. The summed E-state index contributed by atoms with van der Waals surface area (Å²) in [6.45, 7) is -0.0558. The Labute approximate surface area is 101 Å². The zero-order chi connectivity index (χ0) is 12.8. The number of hydrogen-bond donors (Lipinski definition) is 2. The number of hydrogen-bond acceptors (Lipinski definition) is 2. The van der Waals surface area contributed by atoms with E-state index in [1.54, 1.807) is 5.32 Å². The van der Waals surface area contributed by atoms with Crippen molar-refractivity contribution in [2.75, 3.05) is 12.7 Å². The molecule has 16 heavy (non-hydrogen) atoms. The summed E-state index contributed by atoms with van der Waals surface area (Å²) in [5.74, 6) is -1.94. The number of nitrogens with one attached hydrogen (secondary N) is 1. The van der Waals surface area contributed by atoms with Crippen LogP contribution in [0.25, 0.3) is 0 Å². The lowest BCUT2D eigenvalue weighted by Crippen LogP contribution is -2.37. The van der Waals surface area contributed by atoms with Gasteiger partial charge in [-0.25, -0.2) is 4.89 Å². The molecule has 9 heteroatoms. The van der Waals surface area contributed by atoms with Crippen molar-refractivity contribution in [2.24, 2.45) is 0 Å². The van der Waals surface area contributed by atoms with Crippen LogP contribution in [0.1, 0.15) is 19.3 Å². The zero-order valence-corrected chi connectivity index (χ0v) is 10.6. The lowest BCUT2D eigenvalue weighted by molar-refractivity contribution is -0.173. The Morgan fingerprint density at radius 3 is 2.25 bits per heavy atom. The standard InChI is InChI=1S/C7H11Cl2F3NO2P/c8-16(9,15)5-3-1-2-4-13-6(14)7(10,11)12/h15H,1-5H2/p+1. The topological polar surface area (TPSA) is 49.3 Å². The molecule has 0 aromatic heterocycles. The average Bonchev–Trinajstić information content (AvgIpc) is 2.07. The van der Waals surface area contributed by atoms with Crippen LogP contribution in [-0.2, 0) is 4.79 Å². The second kappa shape index (κ2) is 6.84. The molecule has 0 fully saturated rings. The highest BCUT2D eigenvalue weighted by molar-refractivity contribution is 8.13. The van der Waals surface area contributed by atoms with Crippen LogP contribution in [0, 0.1) is 0 Å². The predicted octanol–water partition coefficient (Wildman–Crippen LogP) is 3.07. The Hall–Kier alpha value is 0.230. The smallest absolute Gasteiger partial charge is 0.348 e. The third-order valence-corrected chi connectivity index (χ3v) is 3.52. The molecule has 0 aliphatic heterocycles. The summed E-state index contributed by atoms with van der Waals surface area (Å²) in [4.78, 5) is 19.3. The van der Waals surface area contributed by atoms with E-state index in [0.717, 1.165) is 0 Å². The van der Waals surface area contributed by atoms with Gasteiger partial charge in [0, 0.05) is 6.54 Å². The molecule has 0 atom stereocenters. The van der Waals surface area contributed by atoms with E-state index in [2.05, 4.69) is 0 Å². The Bertz CT molecular complexity index is 233. The first-order chi connectivity index (χ1) is 7.13. The lowest BCUT2D eigenvalue weighted by Gasteiger charge is -2.07. The summed E-state index contributed by atoms with van der Waals surface area (Å²) in [6, 6.07) is 0. The number of halogens is 5. The number of unbranched alkanes of at least 4 members (excludes halogenated alkanes) is 2. The fraction of sp³-hybridized carbons (Fsp3) is 0.857. The van der Waals surface area contributed by atoms with Crippen molar-refractivity contribution in [3.8, 4) is 0 Å². The Morgan fingerprint density at radius 2 is 1.81 bits per heavy atom. The van der Waals surface area contributed by atoms with Gasteiger partial charge in [-0.2, -0.15) is 13.2 Å². The van der Waals surface area contributed by atoms with E-state index in [4.69, 9.17) is 27.4 Å². The molecular formula is C7H12Cl2F3NO2P+. The minimum atomic E-state index is -4.84. The van der Waals surface area contributed by atoms with Crippen LogP contribution >= 0.6 is 28.7 Å². The van der Waals surface area contributed by atoms with Crippen molar-refractivity contribution in [1.29, 1.82) is 0 Å². The second-order valence-electron chi connectivity index (χ2n) is 3.13. The van der Waals surface area contributed by atoms with Gasteiger partial charge in [0.05, 0.1) is 0 Å². The SMILES string of the molecule is O=C(NCCCCC[P+](O)(Cl)Cl)C(F)(F)F. The molecule has 0 aliphatic carbocycles. The Balaban J connectivity index is 3.45. The van der Waals surface area contributed by atoms with Crippen LogP contribution in [0.5, 0.6) is 0 Å². The summed E-state index contributed by atoms with van der Waals surface area (Å²) in [5.41, 5.74) is 0. The van der Waals surface area contributed by atoms with Crippen molar-refractivity contribution in [3.63, 3.8) is 0 Å². The molecular weight excluding hydrogens is 289 g/mol. The molecule has 3 nitrogen and oxygen atoms in total. The van der Waals surface area contributed by atoms with Gasteiger partial charge in [0.25, 0.3) is 0 Å². The quantitative estimate of drug-likeness (QED) is 0.585. The van der Waals surface area contributed by atoms with Gasteiger partial charge in [0.1, 0.15) is 28.6 Å². The average molecular weight is 301 g/mol. The monoisotopic (exact) mass is 300 g/mol. The van der Waals surface area contributed by atoms with E-state index in [0.29, 0.717) is 19.3 Å². The Kier molecular flexibility index (Phi) is 6.94. The molecule has 0 rings (SSSR count). The fourth-order valence-corrected chi connectivity index (χ4v) is 2.23. The van der Waals surface area contributed by atoms with E-state index in [1.807, 2.05) is 0 Å². The maximum Gasteiger partial charge on any atom is 0.471 e. The molecule has 1 amide bonds. The van der Waals surface area contributed by atoms with Crippen LogP contribution in [0.3, 0.4) is 0 Å². The van der Waals surface area contributed by atoms with Crippen LogP contribution in [-0.4, -0.2) is 29.7 Å². The molecule has 0 radical (unpaired) electrons. The molecule has 0 spiro atoms. The number of amides is 1. The van der Waals surface area contributed by atoms with Gasteiger partial charge in [0.2, 0.25) is 0 Å². The van der Waals surface area contributed by atoms with E-state index in [1.165, 1.54) is 0 Å². The van der Waals surface area contributed by atoms with Crippen molar-refractivity contribution in [3.05, 3.63) is 0 Å². The van der Waals surface area contributed by atoms with Crippen molar-refractivity contribution in [1.82, 2.24) is 5.32 Å². The summed E-state index contributed by atoms with van der Waals surface area (Å²) in [7, 11) is 0. The molecule has 0 saturated heterocycles. The van der Waals surface area contributed by atoms with Gasteiger partial charge >= 0.3 is 18.3 Å². The van der Waals surface area contributed by atoms with Gasteiger partial charge in [0.15, 0.2) is 0 Å².